The van der Waals surface area contributed by atoms with Crippen LogP contribution in [0.25, 0.3) is 11.0 Å². The molecule has 1 saturated carbocycles. The highest BCUT2D eigenvalue weighted by atomic mass is 32.2. The van der Waals surface area contributed by atoms with Gasteiger partial charge in [-0.25, -0.2) is 9.18 Å². The number of aryl methyl sites for hydroxylation is 1. The summed E-state index contributed by atoms with van der Waals surface area (Å²) in [6, 6.07) is 18.3. The van der Waals surface area contributed by atoms with Gasteiger partial charge in [-0.3, -0.25) is 18.2 Å². The molecule has 0 aliphatic heterocycles. The number of halogens is 2. The lowest BCUT2D eigenvalue weighted by molar-refractivity contribution is -0.125. The predicted molar refractivity (Wildman–Crippen MR) is 164 cm³/mol. The number of anilines is 1. The molecule has 1 unspecified atom stereocenters. The van der Waals surface area contributed by atoms with Crippen LogP contribution in [0, 0.1) is 11.7 Å². The highest BCUT2D eigenvalue weighted by Crippen LogP contribution is 2.44. The smallest absolute Gasteiger partial charge is 0.329 e. The van der Waals surface area contributed by atoms with E-state index in [4.69, 9.17) is 5.73 Å². The molecule has 1 fully saturated rings. The van der Waals surface area contributed by atoms with Crippen LogP contribution in [0.3, 0.4) is 0 Å². The quantitative estimate of drug-likeness (QED) is 0.119. The number of rotatable bonds is 11. The van der Waals surface area contributed by atoms with Gasteiger partial charge in [0.1, 0.15) is 12.1 Å². The molecule has 0 bridgehead atoms. The zero-order chi connectivity index (χ0) is 30.0. The monoisotopic (exact) mass is 610 g/mol. The molecule has 1 aliphatic carbocycles. The van der Waals surface area contributed by atoms with E-state index in [1.807, 2.05) is 36.4 Å². The van der Waals surface area contributed by atoms with Crippen molar-refractivity contribution in [2.24, 2.45) is 13.0 Å². The molecule has 11 heteroatoms. The number of hydrogen-bond donors (Lipinski definition) is 1. The van der Waals surface area contributed by atoms with Crippen LogP contribution >= 0.6 is 24.1 Å². The van der Waals surface area contributed by atoms with Gasteiger partial charge >= 0.3 is 5.69 Å². The van der Waals surface area contributed by atoms with E-state index in [9.17, 15) is 22.7 Å². The molecule has 1 amide bonds. The number of nitrogen functional groups attached to an aromatic ring is 1. The Morgan fingerprint density at radius 1 is 1.12 bits per heavy atom. The lowest BCUT2D eigenvalue weighted by Gasteiger charge is -2.36. The molecule has 0 saturated heterocycles. The Labute approximate surface area is 251 Å². The van der Waals surface area contributed by atoms with E-state index < -0.39 is 17.8 Å². The van der Waals surface area contributed by atoms with Gasteiger partial charge in [-0.1, -0.05) is 30.0 Å². The number of aldehydes is 1. The zero-order valence-electron chi connectivity index (χ0n) is 23.3. The second-order valence-corrected chi connectivity index (χ2v) is 12.7. The van der Waals surface area contributed by atoms with E-state index in [0.29, 0.717) is 23.6 Å². The molecular weight excluding hydrogens is 578 g/mol. The van der Waals surface area contributed by atoms with E-state index in [1.165, 1.54) is 39.6 Å². The molecule has 7 nitrogen and oxygen atoms in total. The Kier molecular flexibility index (Phi) is 9.08. The van der Waals surface area contributed by atoms with Gasteiger partial charge in [-0.05, 0) is 91.1 Å². The third-order valence-electron chi connectivity index (χ3n) is 8.05. The van der Waals surface area contributed by atoms with Gasteiger partial charge in [-0.2, -0.15) is 0 Å². The van der Waals surface area contributed by atoms with Gasteiger partial charge in [0.05, 0.1) is 22.8 Å². The highest BCUT2D eigenvalue weighted by molar-refractivity contribution is 7.99. The van der Waals surface area contributed by atoms with Gasteiger partial charge in [-0.15, -0.1) is 3.89 Å². The Morgan fingerprint density at radius 3 is 2.60 bits per heavy atom. The Hall–Kier alpha value is -3.57. The fourth-order valence-corrected chi connectivity index (χ4v) is 6.73. The van der Waals surface area contributed by atoms with Gasteiger partial charge in [0.15, 0.2) is 12.3 Å². The molecule has 1 aliphatic rings. The molecule has 0 radical (unpaired) electrons. The summed E-state index contributed by atoms with van der Waals surface area (Å²) in [6.07, 6.45) is 3.73. The van der Waals surface area contributed by atoms with E-state index in [0.717, 1.165) is 44.4 Å². The number of benzene rings is 3. The number of nitrogens with zero attached hydrogens (tertiary/aromatic N) is 3. The molecule has 4 aromatic rings. The minimum absolute atomic E-state index is 0.0528. The first kappa shape index (κ1) is 29.9. The maximum absolute atomic E-state index is 13.8. The summed E-state index contributed by atoms with van der Waals surface area (Å²) < 4.78 is 30.4. The SMILES string of the molecule is CN(SF)C(=O)CCC(C=O)n1c(=O)n(C)c2cc(C3CC(Cc4cccc(Sc5ccc(N)c(F)c5)c4)C3)ccc21. The second-order valence-electron chi connectivity index (χ2n) is 10.8. The van der Waals surface area contributed by atoms with E-state index in [1.54, 1.807) is 13.1 Å². The summed E-state index contributed by atoms with van der Waals surface area (Å²) in [4.78, 5) is 38.9. The number of fused-ring (bicyclic) bond motifs is 1. The van der Waals surface area contributed by atoms with Crippen LogP contribution in [-0.2, 0) is 23.1 Å². The third-order valence-corrected chi connectivity index (χ3v) is 9.44. The fraction of sp³-hybridized carbons (Fsp3) is 0.323. The number of hydrogen-bond acceptors (Lipinski definition) is 6. The van der Waals surface area contributed by atoms with Gasteiger partial charge in [0.2, 0.25) is 5.91 Å². The normalized spacial score (nSPS) is 17.1. The number of amides is 1. The van der Waals surface area contributed by atoms with Crippen molar-refractivity contribution in [2.75, 3.05) is 12.8 Å². The van der Waals surface area contributed by atoms with E-state index >= 15 is 0 Å². The van der Waals surface area contributed by atoms with Crippen LogP contribution in [0.15, 0.2) is 75.2 Å². The van der Waals surface area contributed by atoms with Crippen molar-refractivity contribution < 1.29 is 17.9 Å². The maximum Gasteiger partial charge on any atom is 0.329 e. The van der Waals surface area contributed by atoms with Crippen molar-refractivity contribution in [2.45, 2.75) is 53.9 Å². The average Bonchev–Trinajstić information content (AvgIpc) is 3.21. The molecule has 1 heterocycles. The minimum Gasteiger partial charge on any atom is -0.396 e. The average molecular weight is 611 g/mol. The molecule has 42 heavy (non-hydrogen) atoms. The lowest BCUT2D eigenvalue weighted by Crippen LogP contribution is -2.28. The molecule has 0 spiro atoms. The Morgan fingerprint density at radius 2 is 1.88 bits per heavy atom. The summed E-state index contributed by atoms with van der Waals surface area (Å²) in [5.41, 5.74) is 9.17. The Bertz CT molecular complexity index is 1680. The van der Waals surface area contributed by atoms with Gasteiger partial charge < -0.3 is 10.5 Å². The molecule has 3 aromatic carbocycles. The molecule has 2 N–H and O–H groups in total. The van der Waals surface area contributed by atoms with E-state index in [2.05, 4.69) is 12.1 Å². The largest absolute Gasteiger partial charge is 0.396 e. The van der Waals surface area contributed by atoms with Crippen molar-refractivity contribution >= 4 is 53.0 Å². The molecule has 1 atom stereocenters. The number of carbonyl (C=O) groups is 2. The van der Waals surface area contributed by atoms with Crippen molar-refractivity contribution in [3.05, 3.63) is 88.1 Å². The molecule has 5 rings (SSSR count). The van der Waals surface area contributed by atoms with Crippen molar-refractivity contribution in [3.8, 4) is 0 Å². The predicted octanol–water partition coefficient (Wildman–Crippen LogP) is 6.46. The Balaban J connectivity index is 1.24. The molecular formula is C31H32F2N4O3S2. The lowest BCUT2D eigenvalue weighted by atomic mass is 9.69. The number of carbonyl (C=O) groups excluding carboxylic acids is 2. The number of imidazole rings is 1. The fourth-order valence-electron chi connectivity index (χ4n) is 5.63. The standard InChI is InChI=1S/C31H32F2N4O3S2/c1-35-29-16-21(6-10-28(29)37(31(35)40)23(18-38)7-11-30(39)36(2)42-33)22-13-20(14-22)12-19-4-3-5-24(15-19)41-25-8-9-27(34)26(32)17-25/h3-6,8-10,15-18,20,22-23H,7,11-14,34H2,1-2H3. The summed E-state index contributed by atoms with van der Waals surface area (Å²) in [7, 11) is 3.00. The topological polar surface area (TPSA) is 90.3 Å². The van der Waals surface area contributed by atoms with Crippen molar-refractivity contribution in [1.29, 1.82) is 0 Å². The molecule has 1 aromatic heterocycles. The van der Waals surface area contributed by atoms with Gasteiger partial charge in [0.25, 0.3) is 0 Å². The van der Waals surface area contributed by atoms with Crippen LogP contribution < -0.4 is 11.4 Å². The summed E-state index contributed by atoms with van der Waals surface area (Å²) in [5.74, 6) is 0.0448. The van der Waals surface area contributed by atoms with Crippen LogP contribution in [0.5, 0.6) is 0 Å². The summed E-state index contributed by atoms with van der Waals surface area (Å²) in [5, 5.41) is 0. The third kappa shape index (κ3) is 6.27. The first-order valence-corrected chi connectivity index (χ1v) is 15.2. The number of nitrogens with two attached hydrogens (primary N) is 1. The second kappa shape index (κ2) is 12.7. The minimum atomic E-state index is -0.824. The zero-order valence-corrected chi connectivity index (χ0v) is 25.0. The van der Waals surface area contributed by atoms with Crippen LogP contribution in [0.1, 0.15) is 48.8 Å². The summed E-state index contributed by atoms with van der Waals surface area (Å²) >= 11 is 1.33. The summed E-state index contributed by atoms with van der Waals surface area (Å²) in [6.45, 7) is 0. The highest BCUT2D eigenvalue weighted by Gasteiger charge is 2.31. The van der Waals surface area contributed by atoms with Crippen molar-refractivity contribution in [3.63, 3.8) is 0 Å². The van der Waals surface area contributed by atoms with Crippen molar-refractivity contribution in [1.82, 2.24) is 13.4 Å². The first-order chi connectivity index (χ1) is 20.2. The van der Waals surface area contributed by atoms with Crippen LogP contribution in [0.2, 0.25) is 0 Å². The van der Waals surface area contributed by atoms with Crippen LogP contribution in [-0.4, -0.2) is 32.7 Å². The van der Waals surface area contributed by atoms with E-state index in [-0.39, 0.29) is 36.6 Å². The maximum atomic E-state index is 13.8. The number of aromatic nitrogens is 2. The van der Waals surface area contributed by atoms with Gasteiger partial charge in [0, 0.05) is 30.3 Å². The molecule has 220 valence electrons. The first-order valence-electron chi connectivity index (χ1n) is 13.7. The van der Waals surface area contributed by atoms with Crippen LogP contribution in [0.4, 0.5) is 14.0 Å².